The van der Waals surface area contributed by atoms with Crippen LogP contribution in [0.3, 0.4) is 0 Å². The zero-order valence-corrected chi connectivity index (χ0v) is 19.8. The molecule has 0 fully saturated rings. The fourth-order valence-electron chi connectivity index (χ4n) is 2.63. The number of anilines is 1. The number of nitrogens with one attached hydrogen (secondary N) is 3. The fraction of sp³-hybridized carbons (Fsp3) is 0.450. The van der Waals surface area contributed by atoms with Gasteiger partial charge in [-0.15, -0.1) is 24.0 Å². The zero-order chi connectivity index (χ0) is 20.0. The summed E-state index contributed by atoms with van der Waals surface area (Å²) in [7, 11) is 5.64. The fourth-order valence-corrected chi connectivity index (χ4v) is 2.63. The molecule has 1 heterocycles. The van der Waals surface area contributed by atoms with Crippen LogP contribution in [0.5, 0.6) is 0 Å². The Balaban J connectivity index is 0.00000392. The van der Waals surface area contributed by atoms with E-state index in [0.717, 1.165) is 22.3 Å². The van der Waals surface area contributed by atoms with E-state index in [1.165, 1.54) is 0 Å². The van der Waals surface area contributed by atoms with Gasteiger partial charge >= 0.3 is 0 Å². The lowest BCUT2D eigenvalue weighted by Crippen LogP contribution is -2.48. The molecule has 0 aliphatic carbocycles. The summed E-state index contributed by atoms with van der Waals surface area (Å²) in [6, 6.07) is 10.1. The monoisotopic (exact) mass is 498 g/mol. The van der Waals surface area contributed by atoms with Crippen molar-refractivity contribution in [3.8, 4) is 0 Å². The minimum atomic E-state index is -0.256. The van der Waals surface area contributed by atoms with Crippen molar-refractivity contribution < 1.29 is 4.79 Å². The van der Waals surface area contributed by atoms with Crippen LogP contribution in [0.25, 0.3) is 10.9 Å². The normalized spacial score (nSPS) is 11.6. The summed E-state index contributed by atoms with van der Waals surface area (Å²) < 4.78 is 0. The van der Waals surface area contributed by atoms with Gasteiger partial charge in [0, 0.05) is 38.6 Å². The lowest BCUT2D eigenvalue weighted by atomic mass is 10.1. The molecule has 0 saturated heterocycles. The van der Waals surface area contributed by atoms with Gasteiger partial charge in [0.25, 0.3) is 0 Å². The van der Waals surface area contributed by atoms with Crippen LogP contribution in [0.2, 0.25) is 0 Å². The molecule has 1 aromatic heterocycles. The number of rotatable bonds is 5. The molecule has 28 heavy (non-hydrogen) atoms. The van der Waals surface area contributed by atoms with Crippen LogP contribution < -0.4 is 20.9 Å². The molecule has 1 amide bonds. The zero-order valence-electron chi connectivity index (χ0n) is 17.5. The van der Waals surface area contributed by atoms with Gasteiger partial charge in [-0.1, -0.05) is 18.2 Å². The van der Waals surface area contributed by atoms with E-state index in [9.17, 15) is 4.79 Å². The van der Waals surface area contributed by atoms with Crippen molar-refractivity contribution in [2.24, 2.45) is 4.99 Å². The second kappa shape index (κ2) is 10.4. The molecular weight excluding hydrogens is 467 g/mol. The van der Waals surface area contributed by atoms with E-state index in [-0.39, 0.29) is 42.0 Å². The Kier molecular flexibility index (Phi) is 8.93. The summed E-state index contributed by atoms with van der Waals surface area (Å²) in [5, 5.41) is 10.3. The maximum Gasteiger partial charge on any atom is 0.239 e. The summed E-state index contributed by atoms with van der Waals surface area (Å²) in [5.74, 6) is 1.40. The van der Waals surface area contributed by atoms with Crippen molar-refractivity contribution in [1.82, 2.24) is 20.9 Å². The molecule has 0 aliphatic heterocycles. The van der Waals surface area contributed by atoms with Gasteiger partial charge in [-0.3, -0.25) is 9.79 Å². The summed E-state index contributed by atoms with van der Waals surface area (Å²) in [6.45, 7) is 6.60. The highest BCUT2D eigenvalue weighted by Gasteiger charge is 2.14. The molecule has 3 N–H and O–H groups in total. The molecule has 8 heteroatoms. The van der Waals surface area contributed by atoms with Crippen LogP contribution in [0.15, 0.2) is 35.3 Å². The van der Waals surface area contributed by atoms with E-state index in [0.29, 0.717) is 12.5 Å². The Hall–Kier alpha value is -2.10. The largest absolute Gasteiger partial charge is 0.363 e. The number of carbonyl (C=O) groups is 1. The van der Waals surface area contributed by atoms with E-state index >= 15 is 0 Å². The summed E-state index contributed by atoms with van der Waals surface area (Å²) >= 11 is 0. The average molecular weight is 498 g/mol. The quantitative estimate of drug-likeness (QED) is 0.336. The average Bonchev–Trinajstić information content (AvgIpc) is 2.59. The van der Waals surface area contributed by atoms with Crippen LogP contribution in [0.1, 0.15) is 26.3 Å². The summed E-state index contributed by atoms with van der Waals surface area (Å²) in [6.07, 6.45) is 0. The topological polar surface area (TPSA) is 81.6 Å². The Morgan fingerprint density at radius 1 is 1.18 bits per heavy atom. The molecule has 154 valence electrons. The van der Waals surface area contributed by atoms with E-state index in [1.54, 1.807) is 7.05 Å². The maximum absolute atomic E-state index is 12.0. The van der Waals surface area contributed by atoms with Gasteiger partial charge in [-0.05, 0) is 38.5 Å². The molecule has 0 unspecified atom stereocenters. The summed E-state index contributed by atoms with van der Waals surface area (Å²) in [4.78, 5) is 22.8. The third-order valence-corrected chi connectivity index (χ3v) is 3.85. The molecule has 7 nitrogen and oxygen atoms in total. The number of aliphatic imine (C=N–C) groups is 1. The second-order valence-corrected chi connectivity index (χ2v) is 7.63. The van der Waals surface area contributed by atoms with Gasteiger partial charge in [-0.25, -0.2) is 4.98 Å². The van der Waals surface area contributed by atoms with Gasteiger partial charge in [-0.2, -0.15) is 0 Å². The van der Waals surface area contributed by atoms with E-state index in [1.807, 2.05) is 58.0 Å². The first-order valence-electron chi connectivity index (χ1n) is 9.01. The molecule has 0 aliphatic rings. The first-order chi connectivity index (χ1) is 12.7. The van der Waals surface area contributed by atoms with Crippen molar-refractivity contribution in [3.63, 3.8) is 0 Å². The molecular formula is C20H31IN6O. The Labute approximate surface area is 184 Å². The van der Waals surface area contributed by atoms with Gasteiger partial charge < -0.3 is 20.9 Å². The second-order valence-electron chi connectivity index (χ2n) is 7.63. The third kappa shape index (κ3) is 7.14. The third-order valence-electron chi connectivity index (χ3n) is 3.85. The predicted molar refractivity (Wildman–Crippen MR) is 128 cm³/mol. The van der Waals surface area contributed by atoms with Gasteiger partial charge in [0.05, 0.1) is 12.1 Å². The van der Waals surface area contributed by atoms with Crippen LogP contribution in [-0.2, 0) is 11.3 Å². The molecule has 0 radical (unpaired) electrons. The molecule has 2 rings (SSSR count). The number of halogens is 1. The number of hydrogen-bond acceptors (Lipinski definition) is 4. The minimum Gasteiger partial charge on any atom is -0.363 e. The molecule has 2 aromatic rings. The van der Waals surface area contributed by atoms with E-state index in [2.05, 4.69) is 38.1 Å². The molecule has 0 bridgehead atoms. The van der Waals surface area contributed by atoms with Gasteiger partial charge in [0.15, 0.2) is 5.96 Å². The number of para-hydroxylation sites is 1. The van der Waals surface area contributed by atoms with E-state index in [4.69, 9.17) is 0 Å². The minimum absolute atomic E-state index is 0. The highest BCUT2D eigenvalue weighted by molar-refractivity contribution is 14.0. The maximum atomic E-state index is 12.0. The van der Waals surface area contributed by atoms with Crippen LogP contribution in [0.4, 0.5) is 5.82 Å². The van der Waals surface area contributed by atoms with Crippen molar-refractivity contribution in [3.05, 3.63) is 35.9 Å². The van der Waals surface area contributed by atoms with Crippen molar-refractivity contribution in [1.29, 1.82) is 0 Å². The van der Waals surface area contributed by atoms with Crippen LogP contribution in [-0.4, -0.2) is 50.1 Å². The first kappa shape index (κ1) is 23.9. The Morgan fingerprint density at radius 2 is 1.86 bits per heavy atom. The number of hydrogen-bond donors (Lipinski definition) is 3. The van der Waals surface area contributed by atoms with Gasteiger partial charge in [0.1, 0.15) is 5.82 Å². The molecule has 0 spiro atoms. The summed E-state index contributed by atoms with van der Waals surface area (Å²) in [5.41, 5.74) is 1.81. The first-order valence-corrected chi connectivity index (χ1v) is 9.01. The van der Waals surface area contributed by atoms with Crippen molar-refractivity contribution in [2.45, 2.75) is 32.9 Å². The number of aromatic nitrogens is 1. The van der Waals surface area contributed by atoms with Crippen LogP contribution >= 0.6 is 24.0 Å². The van der Waals surface area contributed by atoms with Crippen LogP contribution in [0, 0.1) is 0 Å². The number of nitrogens with zero attached hydrogens (tertiary/aromatic N) is 3. The number of carbonyl (C=O) groups excluding carboxylic acids is 1. The highest BCUT2D eigenvalue weighted by atomic mass is 127. The van der Waals surface area contributed by atoms with Crippen molar-refractivity contribution >= 4 is 52.6 Å². The SMILES string of the molecule is CN=C(NCC(=O)NC(C)(C)C)NCc1cc(N(C)C)nc2ccccc12.I. The number of benzene rings is 1. The smallest absolute Gasteiger partial charge is 0.239 e. The number of pyridine rings is 1. The molecule has 1 aromatic carbocycles. The number of amides is 1. The Bertz CT molecular complexity index is 829. The van der Waals surface area contributed by atoms with Gasteiger partial charge in [0.2, 0.25) is 5.91 Å². The predicted octanol–water partition coefficient (Wildman–Crippen LogP) is 2.50. The lowest BCUT2D eigenvalue weighted by Gasteiger charge is -2.21. The Morgan fingerprint density at radius 3 is 2.46 bits per heavy atom. The van der Waals surface area contributed by atoms with E-state index < -0.39 is 0 Å². The molecule has 0 saturated carbocycles. The number of fused-ring (bicyclic) bond motifs is 1. The number of guanidine groups is 1. The standard InChI is InChI=1S/C20H30N6O.HI/c1-20(2,3)25-18(27)13-23-19(21-4)22-12-14-11-17(26(5)6)24-16-10-8-7-9-15(14)16;/h7-11H,12-13H2,1-6H3,(H,25,27)(H2,21,22,23);1H. The lowest BCUT2D eigenvalue weighted by molar-refractivity contribution is -0.121. The van der Waals surface area contributed by atoms with Crippen molar-refractivity contribution in [2.75, 3.05) is 32.6 Å². The highest BCUT2D eigenvalue weighted by Crippen LogP contribution is 2.21. The molecule has 0 atom stereocenters.